The Kier molecular flexibility index (Phi) is 2.30. The van der Waals surface area contributed by atoms with Crippen LogP contribution < -0.4 is 10.6 Å². The van der Waals surface area contributed by atoms with Crippen molar-refractivity contribution in [3.8, 4) is 0 Å². The van der Waals surface area contributed by atoms with Gasteiger partial charge >= 0.3 is 6.09 Å². The molecule has 1 rings (SSSR count). The Morgan fingerprint density at radius 2 is 2.09 bits per heavy atom. The number of nitrogens with one attached hydrogen (secondary N) is 2. The third-order valence-electron chi connectivity index (χ3n) is 1.34. The number of amides is 2. The van der Waals surface area contributed by atoms with E-state index in [1.165, 1.54) is 0 Å². The summed E-state index contributed by atoms with van der Waals surface area (Å²) in [6.07, 6.45) is 0.855. The summed E-state index contributed by atoms with van der Waals surface area (Å²) in [5, 5.41) is 12.7. The zero-order chi connectivity index (χ0) is 8.27. The SMILES string of the molecule is O=C(O)NCC(=O)NC1CC1. The lowest BCUT2D eigenvalue weighted by molar-refractivity contribution is -0.120. The van der Waals surface area contributed by atoms with Crippen LogP contribution in [0.3, 0.4) is 0 Å². The maximum atomic E-state index is 10.8. The first-order chi connectivity index (χ1) is 5.18. The van der Waals surface area contributed by atoms with E-state index >= 15 is 0 Å². The van der Waals surface area contributed by atoms with Gasteiger partial charge in [0.2, 0.25) is 5.91 Å². The summed E-state index contributed by atoms with van der Waals surface area (Å²) in [7, 11) is 0. The van der Waals surface area contributed by atoms with Gasteiger partial charge in [0.05, 0.1) is 6.54 Å². The second kappa shape index (κ2) is 3.23. The molecule has 0 aromatic rings. The maximum Gasteiger partial charge on any atom is 0.405 e. The largest absolute Gasteiger partial charge is 0.465 e. The third-order valence-corrected chi connectivity index (χ3v) is 1.34. The molecule has 11 heavy (non-hydrogen) atoms. The highest BCUT2D eigenvalue weighted by molar-refractivity contribution is 5.82. The van der Waals surface area contributed by atoms with Crippen molar-refractivity contribution in [1.82, 2.24) is 10.6 Å². The van der Waals surface area contributed by atoms with Gasteiger partial charge in [-0.2, -0.15) is 0 Å². The predicted octanol–water partition coefficient (Wildman–Crippen LogP) is -0.467. The highest BCUT2D eigenvalue weighted by atomic mass is 16.4. The number of carbonyl (C=O) groups excluding carboxylic acids is 1. The van der Waals surface area contributed by atoms with Gasteiger partial charge in [-0.25, -0.2) is 4.79 Å². The van der Waals surface area contributed by atoms with Crippen LogP contribution in [-0.4, -0.2) is 29.7 Å². The molecular weight excluding hydrogens is 148 g/mol. The quantitative estimate of drug-likeness (QED) is 0.519. The summed E-state index contributed by atoms with van der Waals surface area (Å²) in [6, 6.07) is 0.290. The molecule has 0 bridgehead atoms. The Balaban J connectivity index is 2.04. The van der Waals surface area contributed by atoms with E-state index in [0.29, 0.717) is 0 Å². The van der Waals surface area contributed by atoms with Crippen molar-refractivity contribution in [2.45, 2.75) is 18.9 Å². The molecule has 5 nitrogen and oxygen atoms in total. The normalized spacial score (nSPS) is 15.6. The average molecular weight is 158 g/mol. The van der Waals surface area contributed by atoms with E-state index in [1.807, 2.05) is 5.32 Å². The van der Waals surface area contributed by atoms with E-state index in [1.54, 1.807) is 0 Å². The third kappa shape index (κ3) is 3.44. The number of carboxylic acid groups (broad SMARTS) is 1. The Morgan fingerprint density at radius 3 is 2.55 bits per heavy atom. The van der Waals surface area contributed by atoms with E-state index in [0.717, 1.165) is 12.8 Å². The van der Waals surface area contributed by atoms with Gasteiger partial charge in [0.25, 0.3) is 0 Å². The number of carbonyl (C=O) groups is 2. The van der Waals surface area contributed by atoms with E-state index in [4.69, 9.17) is 5.11 Å². The van der Waals surface area contributed by atoms with Crippen LogP contribution in [0.25, 0.3) is 0 Å². The van der Waals surface area contributed by atoms with Crippen molar-refractivity contribution in [1.29, 1.82) is 0 Å². The fourth-order valence-corrected chi connectivity index (χ4v) is 0.662. The Morgan fingerprint density at radius 1 is 1.45 bits per heavy atom. The molecule has 0 aromatic heterocycles. The summed E-state index contributed by atoms with van der Waals surface area (Å²) >= 11 is 0. The van der Waals surface area contributed by atoms with E-state index < -0.39 is 6.09 Å². The molecule has 0 atom stereocenters. The first-order valence-corrected chi connectivity index (χ1v) is 3.44. The van der Waals surface area contributed by atoms with Crippen molar-refractivity contribution >= 4 is 12.0 Å². The van der Waals surface area contributed by atoms with E-state index in [2.05, 4.69) is 5.32 Å². The minimum Gasteiger partial charge on any atom is -0.465 e. The van der Waals surface area contributed by atoms with Gasteiger partial charge in [0.1, 0.15) is 0 Å². The molecule has 0 heterocycles. The lowest BCUT2D eigenvalue weighted by Crippen LogP contribution is -2.37. The summed E-state index contributed by atoms with van der Waals surface area (Å²) in [4.78, 5) is 20.7. The number of hydrogen-bond donors (Lipinski definition) is 3. The summed E-state index contributed by atoms with van der Waals surface area (Å²) < 4.78 is 0. The summed E-state index contributed by atoms with van der Waals surface area (Å²) in [6.45, 7) is -0.147. The van der Waals surface area contributed by atoms with Crippen LogP contribution in [0.2, 0.25) is 0 Å². The van der Waals surface area contributed by atoms with Crippen molar-refractivity contribution < 1.29 is 14.7 Å². The molecule has 62 valence electrons. The molecule has 2 amide bonds. The molecule has 0 radical (unpaired) electrons. The molecule has 0 aliphatic heterocycles. The van der Waals surface area contributed by atoms with Gasteiger partial charge in [-0.15, -0.1) is 0 Å². The van der Waals surface area contributed by atoms with Crippen LogP contribution in [0.5, 0.6) is 0 Å². The molecule has 1 aliphatic rings. The molecule has 0 unspecified atom stereocenters. The molecule has 5 heteroatoms. The van der Waals surface area contributed by atoms with Gasteiger partial charge in [0.15, 0.2) is 0 Å². The van der Waals surface area contributed by atoms with Gasteiger partial charge in [0, 0.05) is 6.04 Å². The lowest BCUT2D eigenvalue weighted by Gasteiger charge is -2.01. The van der Waals surface area contributed by atoms with Crippen molar-refractivity contribution in [3.05, 3.63) is 0 Å². The Hall–Kier alpha value is -1.26. The van der Waals surface area contributed by atoms with E-state index in [9.17, 15) is 9.59 Å². The molecular formula is C6H10N2O3. The lowest BCUT2D eigenvalue weighted by atomic mass is 10.5. The second-order valence-electron chi connectivity index (χ2n) is 2.50. The summed E-state index contributed by atoms with van der Waals surface area (Å²) in [5.41, 5.74) is 0. The zero-order valence-corrected chi connectivity index (χ0v) is 5.96. The van der Waals surface area contributed by atoms with Crippen molar-refractivity contribution in [2.24, 2.45) is 0 Å². The average Bonchev–Trinajstić information content (AvgIpc) is 2.67. The molecule has 0 spiro atoms. The van der Waals surface area contributed by atoms with Crippen LogP contribution in [-0.2, 0) is 4.79 Å². The molecule has 1 saturated carbocycles. The smallest absolute Gasteiger partial charge is 0.405 e. The monoisotopic (exact) mass is 158 g/mol. The number of rotatable bonds is 3. The van der Waals surface area contributed by atoms with Crippen molar-refractivity contribution in [2.75, 3.05) is 6.54 Å². The fourth-order valence-electron chi connectivity index (χ4n) is 0.662. The molecule has 0 saturated heterocycles. The van der Waals surface area contributed by atoms with Gasteiger partial charge < -0.3 is 15.7 Å². The second-order valence-corrected chi connectivity index (χ2v) is 2.50. The van der Waals surface area contributed by atoms with Gasteiger partial charge in [-0.1, -0.05) is 0 Å². The Bertz CT molecular complexity index is 177. The predicted molar refractivity (Wildman–Crippen MR) is 37.2 cm³/mol. The zero-order valence-electron chi connectivity index (χ0n) is 5.96. The fraction of sp³-hybridized carbons (Fsp3) is 0.667. The topological polar surface area (TPSA) is 78.4 Å². The van der Waals surface area contributed by atoms with Crippen LogP contribution >= 0.6 is 0 Å². The van der Waals surface area contributed by atoms with Crippen LogP contribution in [0.4, 0.5) is 4.79 Å². The molecule has 1 aliphatic carbocycles. The first kappa shape index (κ1) is 7.84. The highest BCUT2D eigenvalue weighted by Crippen LogP contribution is 2.17. The Labute approximate surface area is 63.8 Å². The number of hydrogen-bond acceptors (Lipinski definition) is 2. The standard InChI is InChI=1S/C6H10N2O3/c9-5(3-7-6(10)11)8-4-1-2-4/h4,7H,1-3H2,(H,8,9)(H,10,11). The highest BCUT2D eigenvalue weighted by Gasteiger charge is 2.22. The molecule has 3 N–H and O–H groups in total. The van der Waals surface area contributed by atoms with Gasteiger partial charge in [-0.05, 0) is 12.8 Å². The van der Waals surface area contributed by atoms with Crippen LogP contribution in [0.1, 0.15) is 12.8 Å². The molecule has 1 fully saturated rings. The minimum absolute atomic E-state index is 0.147. The maximum absolute atomic E-state index is 10.8. The van der Waals surface area contributed by atoms with E-state index in [-0.39, 0.29) is 18.5 Å². The van der Waals surface area contributed by atoms with Crippen LogP contribution in [0.15, 0.2) is 0 Å². The van der Waals surface area contributed by atoms with Crippen LogP contribution in [0, 0.1) is 0 Å². The minimum atomic E-state index is -1.17. The van der Waals surface area contributed by atoms with Crippen molar-refractivity contribution in [3.63, 3.8) is 0 Å². The molecule has 0 aromatic carbocycles. The summed E-state index contributed by atoms with van der Waals surface area (Å²) in [5.74, 6) is -0.255. The first-order valence-electron chi connectivity index (χ1n) is 3.44. The van der Waals surface area contributed by atoms with Gasteiger partial charge in [-0.3, -0.25) is 4.79 Å².